The summed E-state index contributed by atoms with van der Waals surface area (Å²) in [6.45, 7) is 7.03. The molecular weight excluding hydrogens is 310 g/mol. The minimum Gasteiger partial charge on any atom is -0.461 e. The average molecular weight is 331 g/mol. The van der Waals surface area contributed by atoms with E-state index < -0.39 is 0 Å². The van der Waals surface area contributed by atoms with Crippen molar-refractivity contribution in [1.82, 2.24) is 0 Å². The highest BCUT2D eigenvalue weighted by molar-refractivity contribution is 5.75. The molecule has 1 saturated heterocycles. The minimum atomic E-state index is -0.0351. The van der Waals surface area contributed by atoms with Crippen LogP contribution in [-0.4, -0.2) is 12.1 Å². The molecule has 1 aliphatic heterocycles. The van der Waals surface area contributed by atoms with Gasteiger partial charge in [0.05, 0.1) is 13.0 Å². The monoisotopic (exact) mass is 331 g/mol. The van der Waals surface area contributed by atoms with Crippen molar-refractivity contribution in [2.24, 2.45) is 5.92 Å². The van der Waals surface area contributed by atoms with Crippen molar-refractivity contribution in [3.05, 3.63) is 65.5 Å². The van der Waals surface area contributed by atoms with Gasteiger partial charge in [0.2, 0.25) is 0 Å². The molecule has 0 spiro atoms. The number of hydrogen-bond acceptors (Lipinski definition) is 2. The molecular formula is C22H21NO2. The summed E-state index contributed by atoms with van der Waals surface area (Å²) < 4.78 is 5.24. The van der Waals surface area contributed by atoms with Crippen molar-refractivity contribution in [3.8, 4) is 11.1 Å². The van der Waals surface area contributed by atoms with Gasteiger partial charge >= 0.3 is 5.97 Å². The molecule has 25 heavy (non-hydrogen) atoms. The molecule has 2 aromatic carbocycles. The second-order valence-corrected chi connectivity index (χ2v) is 7.12. The Balaban J connectivity index is 1.39. The summed E-state index contributed by atoms with van der Waals surface area (Å²) in [4.78, 5) is 14.4. The smallest absolute Gasteiger partial charge is 0.309 e. The Bertz CT molecular complexity index is 785. The van der Waals surface area contributed by atoms with Crippen molar-refractivity contribution in [2.45, 2.75) is 44.1 Å². The third-order valence-corrected chi connectivity index (χ3v) is 5.66. The maximum absolute atomic E-state index is 11.0. The van der Waals surface area contributed by atoms with Gasteiger partial charge in [-0.25, -0.2) is 4.85 Å². The summed E-state index contributed by atoms with van der Waals surface area (Å²) in [7, 11) is 0. The van der Waals surface area contributed by atoms with E-state index in [9.17, 15) is 4.79 Å². The molecule has 0 radical (unpaired) electrons. The molecule has 3 nitrogen and oxygen atoms in total. The van der Waals surface area contributed by atoms with Gasteiger partial charge in [-0.2, -0.15) is 0 Å². The van der Waals surface area contributed by atoms with E-state index in [4.69, 9.17) is 11.3 Å². The summed E-state index contributed by atoms with van der Waals surface area (Å²) in [6, 6.07) is 16.6. The largest absolute Gasteiger partial charge is 0.461 e. The minimum absolute atomic E-state index is 0.0351. The van der Waals surface area contributed by atoms with E-state index in [2.05, 4.69) is 29.1 Å². The van der Waals surface area contributed by atoms with Gasteiger partial charge in [-0.05, 0) is 54.2 Å². The molecule has 0 amide bonds. The fourth-order valence-corrected chi connectivity index (χ4v) is 4.09. The van der Waals surface area contributed by atoms with E-state index in [1.54, 1.807) is 0 Å². The molecule has 1 unspecified atom stereocenters. The van der Waals surface area contributed by atoms with Crippen LogP contribution in [0.4, 0.5) is 5.69 Å². The van der Waals surface area contributed by atoms with E-state index >= 15 is 0 Å². The van der Waals surface area contributed by atoms with Gasteiger partial charge in [0, 0.05) is 0 Å². The summed E-state index contributed by atoms with van der Waals surface area (Å²) in [5.74, 6) is 1.15. The van der Waals surface area contributed by atoms with Crippen LogP contribution in [0.25, 0.3) is 16.0 Å². The number of benzene rings is 2. The third kappa shape index (κ3) is 3.30. The van der Waals surface area contributed by atoms with Crippen LogP contribution in [0.3, 0.4) is 0 Å². The van der Waals surface area contributed by atoms with Crippen molar-refractivity contribution in [1.29, 1.82) is 0 Å². The van der Waals surface area contributed by atoms with Gasteiger partial charge in [-0.3, -0.25) is 4.79 Å². The maximum Gasteiger partial charge on any atom is 0.309 e. The quantitative estimate of drug-likeness (QED) is 0.550. The zero-order valence-corrected chi connectivity index (χ0v) is 14.2. The van der Waals surface area contributed by atoms with Crippen LogP contribution in [0.2, 0.25) is 0 Å². The van der Waals surface area contributed by atoms with Crippen LogP contribution >= 0.6 is 0 Å². The Morgan fingerprint density at radius 2 is 1.44 bits per heavy atom. The topological polar surface area (TPSA) is 30.7 Å². The van der Waals surface area contributed by atoms with E-state index in [1.807, 2.05) is 24.3 Å². The molecule has 2 aliphatic rings. The predicted octanol–water partition coefficient (Wildman–Crippen LogP) is 5.49. The number of carbonyl (C=O) groups excluding carboxylic acids is 1. The zero-order chi connectivity index (χ0) is 17.2. The Labute approximate surface area is 148 Å². The van der Waals surface area contributed by atoms with Crippen LogP contribution in [0, 0.1) is 12.5 Å². The maximum atomic E-state index is 11.0. The Kier molecular flexibility index (Phi) is 4.28. The Morgan fingerprint density at radius 3 is 1.96 bits per heavy atom. The standard InChI is InChI=1S/C22H21NO2/c1-23-20-12-10-18(11-13-20)16-4-2-15(3-5-16)17-6-8-19(9-7-17)21-14-22(24)25-21/h2-5,10-13,17,19,21H,6-9,14H2. The first-order chi connectivity index (χ1) is 12.2. The lowest BCUT2D eigenvalue weighted by molar-refractivity contribution is -0.176. The first-order valence-electron chi connectivity index (χ1n) is 9.00. The molecule has 4 rings (SSSR count). The number of nitrogens with zero attached hydrogens (tertiary/aromatic N) is 1. The number of carbonyl (C=O) groups is 1. The SMILES string of the molecule is [C-]#[N+]c1ccc(-c2ccc(C3CCC(C4CC(=O)O4)CC3)cc2)cc1. The Hall–Kier alpha value is -2.60. The summed E-state index contributed by atoms with van der Waals surface area (Å²) >= 11 is 0. The van der Waals surface area contributed by atoms with Gasteiger partial charge in [0.25, 0.3) is 0 Å². The molecule has 2 aromatic rings. The van der Waals surface area contributed by atoms with Gasteiger partial charge in [-0.1, -0.05) is 48.5 Å². The molecule has 0 bridgehead atoms. The summed E-state index contributed by atoms with van der Waals surface area (Å²) in [5, 5.41) is 0. The Morgan fingerprint density at radius 1 is 0.880 bits per heavy atom. The number of rotatable bonds is 3. The van der Waals surface area contributed by atoms with Gasteiger partial charge in [-0.15, -0.1) is 0 Å². The molecule has 0 aromatic heterocycles. The first-order valence-corrected chi connectivity index (χ1v) is 9.00. The van der Waals surface area contributed by atoms with Gasteiger partial charge < -0.3 is 4.74 Å². The molecule has 3 heteroatoms. The van der Waals surface area contributed by atoms with E-state index in [0.717, 1.165) is 18.4 Å². The van der Waals surface area contributed by atoms with Crippen molar-refractivity contribution in [3.63, 3.8) is 0 Å². The number of cyclic esters (lactones) is 1. The van der Waals surface area contributed by atoms with Crippen LogP contribution in [-0.2, 0) is 9.53 Å². The van der Waals surface area contributed by atoms with Gasteiger partial charge in [0.1, 0.15) is 6.10 Å². The highest BCUT2D eigenvalue weighted by atomic mass is 16.6. The number of esters is 1. The molecule has 1 saturated carbocycles. The predicted molar refractivity (Wildman–Crippen MR) is 97.3 cm³/mol. The summed E-state index contributed by atoms with van der Waals surface area (Å²) in [5.41, 5.74) is 4.42. The van der Waals surface area contributed by atoms with Crippen LogP contribution in [0.5, 0.6) is 0 Å². The number of hydrogen-bond donors (Lipinski definition) is 0. The van der Waals surface area contributed by atoms with Crippen LogP contribution in [0.1, 0.15) is 43.6 Å². The van der Waals surface area contributed by atoms with Crippen molar-refractivity contribution < 1.29 is 9.53 Å². The average Bonchev–Trinajstić information content (AvgIpc) is 2.66. The van der Waals surface area contributed by atoms with E-state index in [1.165, 1.54) is 24.0 Å². The molecule has 1 atom stereocenters. The van der Waals surface area contributed by atoms with E-state index in [-0.39, 0.29) is 12.1 Å². The fraction of sp³-hybridized carbons (Fsp3) is 0.364. The molecule has 126 valence electrons. The normalized spacial score (nSPS) is 25.6. The molecule has 1 heterocycles. The highest BCUT2D eigenvalue weighted by Crippen LogP contribution is 2.40. The van der Waals surface area contributed by atoms with Gasteiger partial charge in [0.15, 0.2) is 5.69 Å². The second-order valence-electron chi connectivity index (χ2n) is 7.12. The first kappa shape index (κ1) is 15.9. The zero-order valence-electron chi connectivity index (χ0n) is 14.2. The van der Waals surface area contributed by atoms with Crippen LogP contribution in [0.15, 0.2) is 48.5 Å². The summed E-state index contributed by atoms with van der Waals surface area (Å²) in [6.07, 6.45) is 5.48. The lowest BCUT2D eigenvalue weighted by atomic mass is 9.75. The lowest BCUT2D eigenvalue weighted by Gasteiger charge is -2.37. The highest BCUT2D eigenvalue weighted by Gasteiger charge is 2.37. The molecule has 2 fully saturated rings. The molecule has 0 N–H and O–H groups in total. The van der Waals surface area contributed by atoms with Crippen molar-refractivity contribution >= 4 is 11.7 Å². The van der Waals surface area contributed by atoms with E-state index in [0.29, 0.717) is 23.9 Å². The van der Waals surface area contributed by atoms with Crippen molar-refractivity contribution in [2.75, 3.05) is 0 Å². The third-order valence-electron chi connectivity index (χ3n) is 5.66. The fourth-order valence-electron chi connectivity index (χ4n) is 4.09. The number of ether oxygens (including phenoxy) is 1. The molecule has 1 aliphatic carbocycles. The van der Waals surface area contributed by atoms with Crippen LogP contribution < -0.4 is 0 Å². The lowest BCUT2D eigenvalue weighted by Crippen LogP contribution is -2.40. The second kappa shape index (κ2) is 6.72.